The second-order valence-electron chi connectivity index (χ2n) is 4.87. The third-order valence-electron chi connectivity index (χ3n) is 3.50. The van der Waals surface area contributed by atoms with E-state index in [0.717, 1.165) is 34.0 Å². The van der Waals surface area contributed by atoms with Gasteiger partial charge in [0.2, 0.25) is 0 Å². The molecule has 0 atom stereocenters. The first kappa shape index (κ1) is 11.9. The van der Waals surface area contributed by atoms with Crippen LogP contribution in [0.5, 0.6) is 0 Å². The van der Waals surface area contributed by atoms with Crippen LogP contribution >= 0.6 is 0 Å². The van der Waals surface area contributed by atoms with E-state index in [1.54, 1.807) is 0 Å². The number of nitrogens with one attached hydrogen (secondary N) is 1. The van der Waals surface area contributed by atoms with E-state index in [-0.39, 0.29) is 0 Å². The van der Waals surface area contributed by atoms with Gasteiger partial charge in [-0.15, -0.1) is 0 Å². The van der Waals surface area contributed by atoms with Gasteiger partial charge in [-0.05, 0) is 18.2 Å². The number of benzene rings is 2. The Morgan fingerprint density at radius 2 is 1.57 bits per heavy atom. The number of amidine groups is 1. The summed E-state index contributed by atoms with van der Waals surface area (Å²) in [4.78, 5) is 9.30. The van der Waals surface area contributed by atoms with Crippen molar-refractivity contribution in [1.82, 2.24) is 4.98 Å². The molecule has 1 aliphatic rings. The average Bonchev–Trinajstić information content (AvgIpc) is 2.72. The van der Waals surface area contributed by atoms with Gasteiger partial charge in [0.05, 0.1) is 17.1 Å². The van der Waals surface area contributed by atoms with Gasteiger partial charge in [-0.1, -0.05) is 48.5 Å². The molecular weight excluding hydrogens is 258 g/mol. The van der Waals surface area contributed by atoms with Crippen molar-refractivity contribution in [3.63, 3.8) is 0 Å². The maximum absolute atomic E-state index is 4.79. The fraction of sp³-hybridized carbons (Fsp3) is 0. The lowest BCUT2D eigenvalue weighted by molar-refractivity contribution is 1.33. The van der Waals surface area contributed by atoms with Crippen molar-refractivity contribution < 1.29 is 0 Å². The van der Waals surface area contributed by atoms with Gasteiger partial charge in [0.1, 0.15) is 5.84 Å². The number of anilines is 1. The van der Waals surface area contributed by atoms with Gasteiger partial charge in [-0.25, -0.2) is 4.99 Å². The number of aromatic nitrogens is 1. The van der Waals surface area contributed by atoms with E-state index < -0.39 is 0 Å². The fourth-order valence-corrected chi connectivity index (χ4v) is 2.50. The van der Waals surface area contributed by atoms with Crippen LogP contribution < -0.4 is 5.32 Å². The highest BCUT2D eigenvalue weighted by Gasteiger charge is 2.17. The molecule has 0 radical (unpaired) electrons. The van der Waals surface area contributed by atoms with Gasteiger partial charge >= 0.3 is 0 Å². The predicted octanol–water partition coefficient (Wildman–Crippen LogP) is 4.25. The Kier molecular flexibility index (Phi) is 2.75. The number of pyridine rings is 1. The van der Waals surface area contributed by atoms with Crippen molar-refractivity contribution in [2.75, 3.05) is 5.32 Å². The van der Waals surface area contributed by atoms with Crippen molar-refractivity contribution in [2.24, 2.45) is 4.99 Å². The van der Waals surface area contributed by atoms with Crippen LogP contribution in [0.2, 0.25) is 0 Å². The third-order valence-corrected chi connectivity index (χ3v) is 3.50. The van der Waals surface area contributed by atoms with Crippen LogP contribution in [0, 0.1) is 0 Å². The van der Waals surface area contributed by atoms with E-state index in [1.165, 1.54) is 0 Å². The zero-order valence-corrected chi connectivity index (χ0v) is 11.3. The molecule has 3 aromatic rings. The molecule has 0 spiro atoms. The number of para-hydroxylation sites is 1. The Morgan fingerprint density at radius 1 is 0.762 bits per heavy atom. The van der Waals surface area contributed by atoms with Crippen LogP contribution in [0.3, 0.4) is 0 Å². The summed E-state index contributed by atoms with van der Waals surface area (Å²) in [6, 6.07) is 22.2. The molecule has 4 rings (SSSR count). The zero-order chi connectivity index (χ0) is 14.1. The van der Waals surface area contributed by atoms with Crippen molar-refractivity contribution >= 4 is 17.2 Å². The molecule has 0 aliphatic carbocycles. The van der Waals surface area contributed by atoms with Gasteiger partial charge < -0.3 is 5.32 Å². The predicted molar refractivity (Wildman–Crippen MR) is 85.9 cm³/mol. The zero-order valence-electron chi connectivity index (χ0n) is 11.3. The van der Waals surface area contributed by atoms with Crippen LogP contribution in [0.4, 0.5) is 11.4 Å². The fourth-order valence-electron chi connectivity index (χ4n) is 2.50. The standard InChI is InChI=1S/C18H13N3/c1-2-7-13(8-3-1)18-20-15-10-5-4-9-14(15)17-16(21-18)11-6-12-19-17/h1-12H,(H,20,21). The molecule has 21 heavy (non-hydrogen) atoms. The molecule has 100 valence electrons. The molecule has 1 aliphatic heterocycles. The van der Waals surface area contributed by atoms with Gasteiger partial charge in [0.15, 0.2) is 0 Å². The van der Waals surface area contributed by atoms with Gasteiger partial charge in [-0.3, -0.25) is 4.98 Å². The Balaban J connectivity index is 1.96. The normalized spacial score (nSPS) is 12.5. The molecule has 0 saturated heterocycles. The lowest BCUT2D eigenvalue weighted by atomic mass is 10.1. The van der Waals surface area contributed by atoms with Gasteiger partial charge in [0.25, 0.3) is 0 Å². The van der Waals surface area contributed by atoms with E-state index in [9.17, 15) is 0 Å². The maximum atomic E-state index is 4.79. The Labute approximate surface area is 123 Å². The molecule has 0 amide bonds. The second kappa shape index (κ2) is 4.87. The summed E-state index contributed by atoms with van der Waals surface area (Å²) < 4.78 is 0. The summed E-state index contributed by atoms with van der Waals surface area (Å²) in [5, 5.41) is 3.41. The van der Waals surface area contributed by atoms with E-state index in [1.807, 2.05) is 54.7 Å². The molecule has 0 fully saturated rings. The molecule has 0 bridgehead atoms. The minimum Gasteiger partial charge on any atom is -0.338 e. The quantitative estimate of drug-likeness (QED) is 0.718. The highest BCUT2D eigenvalue weighted by molar-refractivity contribution is 6.12. The molecule has 2 aromatic carbocycles. The van der Waals surface area contributed by atoms with Gasteiger partial charge in [0, 0.05) is 17.3 Å². The molecule has 0 saturated carbocycles. The summed E-state index contributed by atoms with van der Waals surface area (Å²) in [6.07, 6.45) is 1.81. The first-order valence-electron chi connectivity index (χ1n) is 6.87. The average molecular weight is 271 g/mol. The van der Waals surface area contributed by atoms with Crippen molar-refractivity contribution in [2.45, 2.75) is 0 Å². The Bertz CT molecular complexity index is 823. The molecule has 1 N–H and O–H groups in total. The van der Waals surface area contributed by atoms with Gasteiger partial charge in [-0.2, -0.15) is 0 Å². The number of aliphatic imine (C=N–C) groups is 1. The molecule has 3 nitrogen and oxygen atoms in total. The number of rotatable bonds is 1. The largest absolute Gasteiger partial charge is 0.338 e. The SMILES string of the molecule is c1ccc(C2=Nc3ccccc3-c3ncccc3N2)cc1. The Hall–Kier alpha value is -2.94. The van der Waals surface area contributed by atoms with E-state index in [4.69, 9.17) is 4.99 Å². The minimum atomic E-state index is 0.842. The summed E-state index contributed by atoms with van der Waals surface area (Å²) in [5.74, 6) is 0.842. The molecule has 0 unspecified atom stereocenters. The summed E-state index contributed by atoms with van der Waals surface area (Å²) >= 11 is 0. The minimum absolute atomic E-state index is 0.842. The summed E-state index contributed by atoms with van der Waals surface area (Å²) in [6.45, 7) is 0. The monoisotopic (exact) mass is 271 g/mol. The molecular formula is C18H13N3. The van der Waals surface area contributed by atoms with Crippen molar-refractivity contribution in [1.29, 1.82) is 0 Å². The third kappa shape index (κ3) is 2.09. The van der Waals surface area contributed by atoms with Crippen LogP contribution in [0.1, 0.15) is 5.56 Å². The summed E-state index contributed by atoms with van der Waals surface area (Å²) in [5.41, 5.74) is 4.95. The molecule has 2 heterocycles. The lowest BCUT2D eigenvalue weighted by Gasteiger charge is -2.09. The molecule has 1 aromatic heterocycles. The number of nitrogens with zero attached hydrogens (tertiary/aromatic N) is 2. The smallest absolute Gasteiger partial charge is 0.138 e. The van der Waals surface area contributed by atoms with E-state index in [0.29, 0.717) is 0 Å². The van der Waals surface area contributed by atoms with Crippen molar-refractivity contribution in [3.05, 3.63) is 78.5 Å². The van der Waals surface area contributed by atoms with E-state index >= 15 is 0 Å². The highest BCUT2D eigenvalue weighted by Crippen LogP contribution is 2.36. The highest BCUT2D eigenvalue weighted by atomic mass is 15.0. The second-order valence-corrected chi connectivity index (χ2v) is 4.87. The topological polar surface area (TPSA) is 37.3 Å². The summed E-state index contributed by atoms with van der Waals surface area (Å²) in [7, 11) is 0. The number of hydrogen-bond donors (Lipinski definition) is 1. The maximum Gasteiger partial charge on any atom is 0.138 e. The lowest BCUT2D eigenvalue weighted by Crippen LogP contribution is -2.12. The number of hydrogen-bond acceptors (Lipinski definition) is 3. The van der Waals surface area contributed by atoms with E-state index in [2.05, 4.69) is 28.5 Å². The number of fused-ring (bicyclic) bond motifs is 3. The first-order valence-corrected chi connectivity index (χ1v) is 6.87. The van der Waals surface area contributed by atoms with Crippen LogP contribution in [-0.2, 0) is 0 Å². The first-order chi connectivity index (χ1) is 10.4. The van der Waals surface area contributed by atoms with Crippen LogP contribution in [0.15, 0.2) is 77.9 Å². The van der Waals surface area contributed by atoms with Crippen LogP contribution in [0.25, 0.3) is 11.3 Å². The Morgan fingerprint density at radius 3 is 2.48 bits per heavy atom. The molecule has 3 heteroatoms. The van der Waals surface area contributed by atoms with Crippen LogP contribution in [-0.4, -0.2) is 10.8 Å². The van der Waals surface area contributed by atoms with Crippen molar-refractivity contribution in [3.8, 4) is 11.3 Å².